The number of nitrogens with zero attached hydrogens (tertiary/aromatic N) is 4. The lowest BCUT2D eigenvalue weighted by molar-refractivity contribution is 0.591. The molecule has 0 bridgehead atoms. The number of para-hydroxylation sites is 2. The zero-order chi connectivity index (χ0) is 40.9. The van der Waals surface area contributed by atoms with Crippen LogP contribution < -0.4 is 16.4 Å². The second-order valence-corrected chi connectivity index (χ2v) is 17.9. The third kappa shape index (κ3) is 4.42. The van der Waals surface area contributed by atoms with Crippen molar-refractivity contribution in [3.8, 4) is 45.8 Å². The van der Waals surface area contributed by atoms with Gasteiger partial charge < -0.3 is 9.13 Å². The molecule has 0 saturated carbocycles. The van der Waals surface area contributed by atoms with Crippen molar-refractivity contribution >= 4 is 88.3 Å². The number of aromatic nitrogens is 2. The Morgan fingerprint density at radius 3 is 1.33 bits per heavy atom. The van der Waals surface area contributed by atoms with E-state index < -0.39 is 0 Å². The predicted octanol–water partition coefficient (Wildman–Crippen LogP) is 11.7. The van der Waals surface area contributed by atoms with Gasteiger partial charge in [0, 0.05) is 32.9 Å². The summed E-state index contributed by atoms with van der Waals surface area (Å²) in [4.78, 5) is 0. The summed E-state index contributed by atoms with van der Waals surface area (Å²) in [6.45, 7) is 7.06. The maximum Gasteiger partial charge on any atom is 0.244 e. The van der Waals surface area contributed by atoms with Crippen LogP contribution in [0.1, 0.15) is 37.5 Å². The van der Waals surface area contributed by atoms with Crippen LogP contribution in [0.5, 0.6) is 0 Å². The zero-order valence-corrected chi connectivity index (χ0v) is 33.9. The van der Waals surface area contributed by atoms with Crippen molar-refractivity contribution in [2.24, 2.45) is 0 Å². The van der Waals surface area contributed by atoms with Crippen molar-refractivity contribution in [1.29, 1.82) is 10.5 Å². The number of rotatable bonds is 2. The number of benzene rings is 9. The average molecular weight is 775 g/mol. The summed E-state index contributed by atoms with van der Waals surface area (Å²) in [6.07, 6.45) is 0. The first-order valence-electron chi connectivity index (χ1n) is 21.0. The van der Waals surface area contributed by atoms with Crippen molar-refractivity contribution in [3.63, 3.8) is 0 Å². The summed E-state index contributed by atoms with van der Waals surface area (Å²) in [7, 11) is 0. The van der Waals surface area contributed by atoms with Crippen LogP contribution in [0.15, 0.2) is 158 Å². The van der Waals surface area contributed by atoms with Crippen LogP contribution in [0, 0.1) is 22.7 Å². The molecule has 0 amide bonds. The van der Waals surface area contributed by atoms with Gasteiger partial charge in [0.2, 0.25) is 6.71 Å². The van der Waals surface area contributed by atoms with Crippen molar-refractivity contribution in [3.05, 3.63) is 174 Å². The molecule has 9 aromatic carbocycles. The van der Waals surface area contributed by atoms with Gasteiger partial charge in [-0.15, -0.1) is 0 Å². The summed E-state index contributed by atoms with van der Waals surface area (Å²) in [5.41, 5.74) is 18.4. The van der Waals surface area contributed by atoms with Gasteiger partial charge in [-0.25, -0.2) is 0 Å². The number of hydrogen-bond donors (Lipinski definition) is 0. The highest BCUT2D eigenvalue weighted by Gasteiger charge is 2.41. The highest BCUT2D eigenvalue weighted by Crippen LogP contribution is 2.50. The lowest BCUT2D eigenvalue weighted by Gasteiger charge is -2.36. The van der Waals surface area contributed by atoms with E-state index in [1.165, 1.54) is 87.3 Å². The predicted molar refractivity (Wildman–Crippen MR) is 254 cm³/mol. The van der Waals surface area contributed by atoms with Crippen molar-refractivity contribution < 1.29 is 0 Å². The molecule has 4 heterocycles. The van der Waals surface area contributed by atoms with Gasteiger partial charge in [0.05, 0.1) is 45.3 Å². The molecule has 11 aromatic rings. The Morgan fingerprint density at radius 2 is 0.902 bits per heavy atom. The van der Waals surface area contributed by atoms with E-state index in [0.717, 1.165) is 33.4 Å². The first-order valence-corrected chi connectivity index (χ1v) is 21.0. The fourth-order valence-corrected chi connectivity index (χ4v) is 11.1. The lowest BCUT2D eigenvalue weighted by Crippen LogP contribution is -2.57. The third-order valence-corrected chi connectivity index (χ3v) is 13.7. The molecule has 0 fully saturated rings. The normalized spacial score (nSPS) is 12.8. The van der Waals surface area contributed by atoms with Crippen molar-refractivity contribution in [1.82, 2.24) is 9.13 Å². The van der Waals surface area contributed by atoms with E-state index in [1.54, 1.807) is 0 Å². The minimum absolute atomic E-state index is 0.0417. The first kappa shape index (κ1) is 34.1. The molecule has 4 nitrogen and oxygen atoms in total. The third-order valence-electron chi connectivity index (χ3n) is 13.7. The maximum absolute atomic E-state index is 9.69. The van der Waals surface area contributed by atoms with Gasteiger partial charge >= 0.3 is 0 Å². The molecule has 2 aliphatic heterocycles. The standard InChI is InChI=1S/C56H35BN4/c1-56(2,3)36-28-41-53-49-34(26-47-51(53)39-12-4-6-16-45(39)60(47)37-22-18-32(30-58)19-23-37)10-8-14-43(49)57-44-15-9-11-35-27-48-52(54(50(35)44)42(29-36)55(41)57)40-13-5-7-17-46(40)61(48)38-24-20-33(31-59)21-25-38/h4-29H,1-3H3. The molecule has 0 saturated heterocycles. The number of nitriles is 2. The molecule has 0 N–H and O–H groups in total. The van der Waals surface area contributed by atoms with Gasteiger partial charge in [0.1, 0.15) is 0 Å². The van der Waals surface area contributed by atoms with Gasteiger partial charge in [0.15, 0.2) is 0 Å². The van der Waals surface area contributed by atoms with Gasteiger partial charge in [-0.1, -0.05) is 122 Å². The molecule has 282 valence electrons. The van der Waals surface area contributed by atoms with E-state index >= 15 is 0 Å². The zero-order valence-electron chi connectivity index (χ0n) is 33.9. The summed E-state index contributed by atoms with van der Waals surface area (Å²) in [6, 6.07) is 61.9. The monoisotopic (exact) mass is 774 g/mol. The molecule has 5 heteroatoms. The summed E-state index contributed by atoms with van der Waals surface area (Å²) < 4.78 is 4.77. The highest BCUT2D eigenvalue weighted by atomic mass is 15.0. The van der Waals surface area contributed by atoms with Crippen LogP contribution >= 0.6 is 0 Å². The van der Waals surface area contributed by atoms with Crippen LogP contribution in [0.4, 0.5) is 0 Å². The SMILES string of the molecule is CC(C)(C)c1cc2c3c(c1)-c1c4c(cccc4cc4c1c1ccccc1n4-c1ccc(C#N)cc1)B3c1cccc3cc4c(c-2c13)c1ccccc1n4-c1ccc(C#N)cc1. The first-order chi connectivity index (χ1) is 29.8. The molecule has 0 radical (unpaired) electrons. The summed E-state index contributed by atoms with van der Waals surface area (Å²) >= 11 is 0. The molecule has 2 aliphatic rings. The minimum atomic E-state index is -0.137. The van der Waals surface area contributed by atoms with E-state index in [1.807, 2.05) is 24.3 Å². The second kappa shape index (κ2) is 11.9. The van der Waals surface area contributed by atoms with E-state index in [4.69, 9.17) is 0 Å². The molecule has 2 aromatic heterocycles. The molecule has 0 atom stereocenters. The minimum Gasteiger partial charge on any atom is -0.309 e. The quantitative estimate of drug-likeness (QED) is 0.164. The Balaban J connectivity index is 1.23. The van der Waals surface area contributed by atoms with Gasteiger partial charge in [-0.2, -0.15) is 10.5 Å². The maximum atomic E-state index is 9.69. The fourth-order valence-electron chi connectivity index (χ4n) is 11.1. The topological polar surface area (TPSA) is 57.4 Å². The van der Waals surface area contributed by atoms with Gasteiger partial charge in [-0.3, -0.25) is 0 Å². The molecule has 61 heavy (non-hydrogen) atoms. The van der Waals surface area contributed by atoms with Crippen LogP contribution in [0.25, 0.3) is 98.8 Å². The van der Waals surface area contributed by atoms with Crippen LogP contribution in [-0.2, 0) is 5.41 Å². The van der Waals surface area contributed by atoms with Crippen molar-refractivity contribution in [2.75, 3.05) is 0 Å². The summed E-state index contributed by atoms with van der Waals surface area (Å²) in [5, 5.41) is 29.4. The smallest absolute Gasteiger partial charge is 0.244 e. The average Bonchev–Trinajstić information content (AvgIpc) is 3.80. The lowest BCUT2D eigenvalue weighted by atomic mass is 9.31. The molecule has 0 spiro atoms. The molecule has 0 unspecified atom stereocenters. The fraction of sp³-hybridized carbons (Fsp3) is 0.0714. The Bertz CT molecular complexity index is 3620. The largest absolute Gasteiger partial charge is 0.309 e. The highest BCUT2D eigenvalue weighted by molar-refractivity contribution is 7.01. The molecule has 13 rings (SSSR count). The van der Waals surface area contributed by atoms with Gasteiger partial charge in [0.25, 0.3) is 0 Å². The van der Waals surface area contributed by atoms with Gasteiger partial charge in [-0.05, 0) is 128 Å². The Labute approximate surface area is 352 Å². The Morgan fingerprint density at radius 1 is 0.459 bits per heavy atom. The molecular weight excluding hydrogens is 739 g/mol. The Hall–Kier alpha value is -7.86. The molecule has 0 aliphatic carbocycles. The van der Waals surface area contributed by atoms with Crippen LogP contribution in [0.2, 0.25) is 0 Å². The second-order valence-electron chi connectivity index (χ2n) is 17.9. The number of hydrogen-bond acceptors (Lipinski definition) is 2. The number of fused-ring (bicyclic) bond motifs is 12. The van der Waals surface area contributed by atoms with E-state index in [9.17, 15) is 10.5 Å². The van der Waals surface area contributed by atoms with E-state index in [-0.39, 0.29) is 12.1 Å². The Kier molecular flexibility index (Phi) is 6.63. The van der Waals surface area contributed by atoms with Crippen LogP contribution in [-0.4, -0.2) is 15.8 Å². The van der Waals surface area contributed by atoms with E-state index in [0.29, 0.717) is 11.1 Å². The van der Waals surface area contributed by atoms with Crippen LogP contribution in [0.3, 0.4) is 0 Å². The van der Waals surface area contributed by atoms with E-state index in [2.05, 4.69) is 176 Å². The molecular formula is C56H35BN4. The summed E-state index contributed by atoms with van der Waals surface area (Å²) in [5.74, 6) is 0. The van der Waals surface area contributed by atoms with Crippen molar-refractivity contribution in [2.45, 2.75) is 26.2 Å².